The molecule has 0 fully saturated rings. The Labute approximate surface area is 129 Å². The largest absolute Gasteiger partial charge is 0.491 e. The normalized spacial score (nSPS) is 10.3. The van der Waals surface area contributed by atoms with Gasteiger partial charge in [0.2, 0.25) is 0 Å². The summed E-state index contributed by atoms with van der Waals surface area (Å²) >= 11 is 4.82. The van der Waals surface area contributed by atoms with Gasteiger partial charge in [0.1, 0.15) is 12.4 Å². The zero-order chi connectivity index (χ0) is 14.4. The fourth-order valence-corrected chi connectivity index (χ4v) is 2.65. The van der Waals surface area contributed by atoms with E-state index in [1.165, 1.54) is 11.3 Å². The van der Waals surface area contributed by atoms with E-state index in [9.17, 15) is 4.79 Å². The number of amides is 1. The molecule has 4 nitrogen and oxygen atoms in total. The van der Waals surface area contributed by atoms with Gasteiger partial charge in [-0.2, -0.15) is 0 Å². The number of hydrogen-bond acceptors (Lipinski definition) is 4. The van der Waals surface area contributed by atoms with E-state index in [1.54, 1.807) is 25.3 Å². The summed E-state index contributed by atoms with van der Waals surface area (Å²) in [4.78, 5) is 12.0. The molecule has 6 heteroatoms. The lowest BCUT2D eigenvalue weighted by Gasteiger charge is -2.07. The zero-order valence-corrected chi connectivity index (χ0v) is 13.3. The molecule has 0 spiro atoms. The molecular formula is C14H14BrNO3S. The first kappa shape index (κ1) is 15.0. The van der Waals surface area contributed by atoms with Gasteiger partial charge in [0, 0.05) is 18.2 Å². The Morgan fingerprint density at radius 1 is 1.30 bits per heavy atom. The smallest absolute Gasteiger partial charge is 0.256 e. The fourth-order valence-electron chi connectivity index (χ4n) is 1.51. The van der Waals surface area contributed by atoms with Crippen molar-refractivity contribution >= 4 is 38.9 Å². The van der Waals surface area contributed by atoms with Crippen molar-refractivity contribution in [1.29, 1.82) is 0 Å². The molecule has 1 aromatic carbocycles. The first-order valence-corrected chi connectivity index (χ1v) is 7.63. The Balaban J connectivity index is 1.91. The predicted octanol–water partition coefficient (Wildman–Crippen LogP) is 3.79. The van der Waals surface area contributed by atoms with Crippen LogP contribution in [-0.2, 0) is 4.74 Å². The molecule has 0 aliphatic carbocycles. The molecule has 1 N–H and O–H groups in total. The van der Waals surface area contributed by atoms with Gasteiger partial charge < -0.3 is 14.8 Å². The minimum atomic E-state index is -0.125. The Kier molecular flexibility index (Phi) is 5.58. The molecule has 1 amide bonds. The van der Waals surface area contributed by atoms with Crippen LogP contribution >= 0.6 is 27.3 Å². The molecule has 106 valence electrons. The van der Waals surface area contributed by atoms with E-state index in [0.29, 0.717) is 18.8 Å². The molecule has 0 saturated carbocycles. The summed E-state index contributed by atoms with van der Waals surface area (Å²) < 4.78 is 11.3. The third-order valence-electron chi connectivity index (χ3n) is 2.50. The van der Waals surface area contributed by atoms with Gasteiger partial charge >= 0.3 is 0 Å². The van der Waals surface area contributed by atoms with E-state index >= 15 is 0 Å². The van der Waals surface area contributed by atoms with Crippen molar-refractivity contribution in [1.82, 2.24) is 0 Å². The van der Waals surface area contributed by atoms with Crippen molar-refractivity contribution < 1.29 is 14.3 Å². The molecule has 20 heavy (non-hydrogen) atoms. The Morgan fingerprint density at radius 2 is 2.05 bits per heavy atom. The van der Waals surface area contributed by atoms with Crippen LogP contribution in [0, 0.1) is 0 Å². The molecule has 0 aliphatic rings. The van der Waals surface area contributed by atoms with Crippen LogP contribution in [0.3, 0.4) is 0 Å². The second kappa shape index (κ2) is 7.42. The van der Waals surface area contributed by atoms with Gasteiger partial charge in [-0.05, 0) is 46.3 Å². The van der Waals surface area contributed by atoms with Crippen molar-refractivity contribution in [3.05, 3.63) is 45.1 Å². The van der Waals surface area contributed by atoms with Crippen LogP contribution in [0.2, 0.25) is 0 Å². The van der Waals surface area contributed by atoms with Crippen LogP contribution in [-0.4, -0.2) is 26.2 Å². The van der Waals surface area contributed by atoms with Gasteiger partial charge in [0.05, 0.1) is 16.0 Å². The monoisotopic (exact) mass is 355 g/mol. The molecule has 2 rings (SSSR count). The zero-order valence-electron chi connectivity index (χ0n) is 10.9. The highest BCUT2D eigenvalue weighted by atomic mass is 79.9. The molecule has 0 radical (unpaired) electrons. The SMILES string of the molecule is COCCOc1ccc(NC(=O)c2csc(Br)c2)cc1. The molecule has 0 saturated heterocycles. The summed E-state index contributed by atoms with van der Waals surface area (Å²) in [5.41, 5.74) is 1.37. The van der Waals surface area contributed by atoms with Crippen LogP contribution in [0.15, 0.2) is 39.5 Å². The maximum atomic E-state index is 12.0. The highest BCUT2D eigenvalue weighted by Gasteiger charge is 2.08. The standard InChI is InChI=1S/C14H14BrNO3S/c1-18-6-7-19-12-4-2-11(3-5-12)16-14(17)10-8-13(15)20-9-10/h2-5,8-9H,6-7H2,1H3,(H,16,17). The lowest BCUT2D eigenvalue weighted by atomic mass is 10.2. The average molecular weight is 356 g/mol. The molecule has 0 unspecified atom stereocenters. The Bertz CT molecular complexity index is 568. The summed E-state index contributed by atoms with van der Waals surface area (Å²) in [6, 6.07) is 9.04. The Morgan fingerprint density at radius 3 is 2.65 bits per heavy atom. The Hall–Kier alpha value is -1.37. The third kappa shape index (κ3) is 4.33. The number of rotatable bonds is 6. The number of carbonyl (C=O) groups is 1. The molecule has 0 atom stereocenters. The summed E-state index contributed by atoms with van der Waals surface area (Å²) in [6.07, 6.45) is 0. The summed E-state index contributed by atoms with van der Waals surface area (Å²) in [5, 5.41) is 4.64. The maximum Gasteiger partial charge on any atom is 0.256 e. The van der Waals surface area contributed by atoms with Gasteiger partial charge in [0.15, 0.2) is 0 Å². The summed E-state index contributed by atoms with van der Waals surface area (Å²) in [6.45, 7) is 1.05. The van der Waals surface area contributed by atoms with Gasteiger partial charge in [-0.15, -0.1) is 11.3 Å². The molecule has 1 aromatic heterocycles. The number of hydrogen-bond donors (Lipinski definition) is 1. The van der Waals surface area contributed by atoms with Crippen molar-refractivity contribution in [2.75, 3.05) is 25.6 Å². The number of thiophene rings is 1. The van der Waals surface area contributed by atoms with Gasteiger partial charge in [-0.25, -0.2) is 0 Å². The topological polar surface area (TPSA) is 47.6 Å². The predicted molar refractivity (Wildman–Crippen MR) is 83.8 cm³/mol. The first-order valence-electron chi connectivity index (χ1n) is 5.96. The van der Waals surface area contributed by atoms with E-state index in [1.807, 2.05) is 17.5 Å². The lowest BCUT2D eigenvalue weighted by molar-refractivity contribution is 0.102. The number of halogens is 1. The fraction of sp³-hybridized carbons (Fsp3) is 0.214. The van der Waals surface area contributed by atoms with Gasteiger partial charge in [0.25, 0.3) is 5.91 Å². The van der Waals surface area contributed by atoms with Gasteiger partial charge in [-0.3, -0.25) is 4.79 Å². The minimum absolute atomic E-state index is 0.125. The first-order chi connectivity index (χ1) is 9.69. The summed E-state index contributed by atoms with van der Waals surface area (Å²) in [5.74, 6) is 0.623. The van der Waals surface area contributed by atoms with Crippen LogP contribution in [0.1, 0.15) is 10.4 Å². The van der Waals surface area contributed by atoms with Crippen molar-refractivity contribution in [2.45, 2.75) is 0 Å². The van der Waals surface area contributed by atoms with Crippen molar-refractivity contribution in [3.63, 3.8) is 0 Å². The second-order valence-corrected chi connectivity index (χ2v) is 6.25. The van der Waals surface area contributed by atoms with Crippen LogP contribution < -0.4 is 10.1 Å². The van der Waals surface area contributed by atoms with E-state index in [-0.39, 0.29) is 5.91 Å². The molecule has 0 bridgehead atoms. The van der Waals surface area contributed by atoms with E-state index < -0.39 is 0 Å². The quantitative estimate of drug-likeness (QED) is 0.802. The van der Waals surface area contributed by atoms with Crippen LogP contribution in [0.4, 0.5) is 5.69 Å². The highest BCUT2D eigenvalue weighted by molar-refractivity contribution is 9.11. The molecule has 0 aliphatic heterocycles. The van der Waals surface area contributed by atoms with E-state index in [4.69, 9.17) is 9.47 Å². The van der Waals surface area contributed by atoms with Crippen molar-refractivity contribution in [3.8, 4) is 5.75 Å². The summed E-state index contributed by atoms with van der Waals surface area (Å²) in [7, 11) is 1.63. The van der Waals surface area contributed by atoms with Crippen LogP contribution in [0.5, 0.6) is 5.75 Å². The highest BCUT2D eigenvalue weighted by Crippen LogP contribution is 2.22. The number of ether oxygens (including phenoxy) is 2. The number of anilines is 1. The van der Waals surface area contributed by atoms with Crippen LogP contribution in [0.25, 0.3) is 0 Å². The lowest BCUT2D eigenvalue weighted by Crippen LogP contribution is -2.10. The number of methoxy groups -OCH3 is 1. The number of nitrogens with one attached hydrogen (secondary N) is 1. The third-order valence-corrected chi connectivity index (χ3v) is 4.00. The van der Waals surface area contributed by atoms with E-state index in [0.717, 1.165) is 15.2 Å². The van der Waals surface area contributed by atoms with E-state index in [2.05, 4.69) is 21.2 Å². The number of benzene rings is 1. The molecule has 1 heterocycles. The number of carbonyl (C=O) groups excluding carboxylic acids is 1. The second-order valence-electron chi connectivity index (χ2n) is 3.96. The maximum absolute atomic E-state index is 12.0. The van der Waals surface area contributed by atoms with Gasteiger partial charge in [-0.1, -0.05) is 0 Å². The molecule has 2 aromatic rings. The minimum Gasteiger partial charge on any atom is -0.491 e. The molecular weight excluding hydrogens is 342 g/mol. The average Bonchev–Trinajstić information content (AvgIpc) is 2.88. The van der Waals surface area contributed by atoms with Crippen molar-refractivity contribution in [2.24, 2.45) is 0 Å².